The number of aromatic nitrogens is 2. The molecular formula is C12H17N3S. The molecule has 16 heavy (non-hydrogen) atoms. The van der Waals surface area contributed by atoms with Crippen molar-refractivity contribution in [2.45, 2.75) is 31.3 Å². The minimum absolute atomic E-state index is 0.163. The first kappa shape index (κ1) is 11.5. The fraction of sp³-hybridized carbons (Fsp3) is 0.417. The van der Waals surface area contributed by atoms with Crippen LogP contribution in [0.1, 0.15) is 19.5 Å². The van der Waals surface area contributed by atoms with Gasteiger partial charge in [0.2, 0.25) is 0 Å². The van der Waals surface area contributed by atoms with Crippen LogP contribution in [0, 0.1) is 0 Å². The van der Waals surface area contributed by atoms with Gasteiger partial charge in [-0.1, -0.05) is 13.0 Å². The van der Waals surface area contributed by atoms with Crippen molar-refractivity contribution in [3.63, 3.8) is 0 Å². The molecule has 2 aromatic rings. The van der Waals surface area contributed by atoms with Crippen LogP contribution in [0.25, 0.3) is 5.65 Å². The molecule has 0 bridgehead atoms. The summed E-state index contributed by atoms with van der Waals surface area (Å²) in [5, 5.41) is 1.12. The van der Waals surface area contributed by atoms with Gasteiger partial charge < -0.3 is 10.1 Å². The smallest absolute Gasteiger partial charge is 0.138 e. The van der Waals surface area contributed by atoms with E-state index in [9.17, 15) is 0 Å². The maximum absolute atomic E-state index is 5.89. The van der Waals surface area contributed by atoms with Crippen molar-refractivity contribution in [2.75, 3.05) is 5.75 Å². The Bertz CT molecular complexity index is 476. The largest absolute Gasteiger partial charge is 0.328 e. The van der Waals surface area contributed by atoms with E-state index in [0.717, 1.165) is 22.8 Å². The number of pyridine rings is 1. The van der Waals surface area contributed by atoms with Crippen molar-refractivity contribution < 1.29 is 0 Å². The van der Waals surface area contributed by atoms with Crippen LogP contribution in [0.5, 0.6) is 0 Å². The molecule has 3 nitrogen and oxygen atoms in total. The molecule has 0 amide bonds. The average molecular weight is 235 g/mol. The van der Waals surface area contributed by atoms with E-state index in [0.29, 0.717) is 0 Å². The molecule has 0 aromatic carbocycles. The zero-order valence-electron chi connectivity index (χ0n) is 9.68. The van der Waals surface area contributed by atoms with Crippen LogP contribution in [-0.2, 0) is 6.42 Å². The van der Waals surface area contributed by atoms with E-state index in [4.69, 9.17) is 5.73 Å². The molecule has 0 spiro atoms. The Kier molecular flexibility index (Phi) is 3.51. The van der Waals surface area contributed by atoms with Gasteiger partial charge in [-0.25, -0.2) is 4.98 Å². The van der Waals surface area contributed by atoms with Crippen LogP contribution >= 0.6 is 11.8 Å². The van der Waals surface area contributed by atoms with E-state index >= 15 is 0 Å². The van der Waals surface area contributed by atoms with Crippen LogP contribution in [0.3, 0.4) is 0 Å². The van der Waals surface area contributed by atoms with E-state index in [-0.39, 0.29) is 6.04 Å². The van der Waals surface area contributed by atoms with Gasteiger partial charge in [-0.3, -0.25) is 0 Å². The monoisotopic (exact) mass is 235 g/mol. The first-order valence-corrected chi connectivity index (χ1v) is 6.55. The molecule has 0 saturated carbocycles. The third kappa shape index (κ3) is 2.23. The van der Waals surface area contributed by atoms with Crippen molar-refractivity contribution >= 4 is 17.4 Å². The molecule has 2 rings (SSSR count). The number of hydrogen-bond donors (Lipinski definition) is 1. The van der Waals surface area contributed by atoms with Crippen molar-refractivity contribution in [1.82, 2.24) is 9.38 Å². The minimum Gasteiger partial charge on any atom is -0.328 e. The van der Waals surface area contributed by atoms with Crippen LogP contribution in [0.4, 0.5) is 0 Å². The molecule has 2 N–H and O–H groups in total. The molecule has 0 saturated heterocycles. The number of imidazole rings is 1. The van der Waals surface area contributed by atoms with Gasteiger partial charge in [0.15, 0.2) is 0 Å². The van der Waals surface area contributed by atoms with E-state index in [1.54, 1.807) is 11.8 Å². The molecule has 1 unspecified atom stereocenters. The molecule has 1 atom stereocenters. The predicted octanol–water partition coefficient (Wildman–Crippen LogP) is 2.34. The minimum atomic E-state index is 0.163. The highest BCUT2D eigenvalue weighted by molar-refractivity contribution is 7.99. The SMILES string of the molecule is CCSc1nc2ccccn2c1CC(C)N. The molecule has 2 aromatic heterocycles. The zero-order valence-corrected chi connectivity index (χ0v) is 10.5. The molecular weight excluding hydrogens is 218 g/mol. The first-order valence-electron chi connectivity index (χ1n) is 5.56. The van der Waals surface area contributed by atoms with Crippen LogP contribution < -0.4 is 5.73 Å². The summed E-state index contributed by atoms with van der Waals surface area (Å²) in [6, 6.07) is 6.24. The van der Waals surface area contributed by atoms with Gasteiger partial charge in [0, 0.05) is 18.7 Å². The van der Waals surface area contributed by atoms with Crippen LogP contribution in [-0.4, -0.2) is 21.2 Å². The topological polar surface area (TPSA) is 43.3 Å². The summed E-state index contributed by atoms with van der Waals surface area (Å²) >= 11 is 1.78. The highest BCUT2D eigenvalue weighted by atomic mass is 32.2. The van der Waals surface area contributed by atoms with E-state index < -0.39 is 0 Å². The second-order valence-corrected chi connectivity index (χ2v) is 5.16. The molecule has 4 heteroatoms. The predicted molar refractivity (Wildman–Crippen MR) is 68.9 cm³/mol. The molecule has 86 valence electrons. The van der Waals surface area contributed by atoms with Crippen molar-refractivity contribution in [3.05, 3.63) is 30.1 Å². The van der Waals surface area contributed by atoms with Gasteiger partial charge in [0.05, 0.1) is 5.69 Å². The van der Waals surface area contributed by atoms with Gasteiger partial charge in [-0.15, -0.1) is 11.8 Å². The van der Waals surface area contributed by atoms with Gasteiger partial charge in [0.1, 0.15) is 10.7 Å². The Labute approximate surface area is 100 Å². The fourth-order valence-electron chi connectivity index (χ4n) is 1.77. The molecule has 0 aliphatic carbocycles. The van der Waals surface area contributed by atoms with Crippen molar-refractivity contribution in [2.24, 2.45) is 5.73 Å². The second kappa shape index (κ2) is 4.89. The highest BCUT2D eigenvalue weighted by Crippen LogP contribution is 2.24. The van der Waals surface area contributed by atoms with E-state index in [2.05, 4.69) is 22.5 Å². The number of thioether (sulfide) groups is 1. The lowest BCUT2D eigenvalue weighted by Crippen LogP contribution is -2.19. The quantitative estimate of drug-likeness (QED) is 0.827. The fourth-order valence-corrected chi connectivity index (χ4v) is 2.55. The standard InChI is InChI=1S/C12H17N3S/c1-3-16-12-10(8-9(2)13)15-7-5-4-6-11(15)14-12/h4-7,9H,3,8,13H2,1-2H3. The van der Waals surface area contributed by atoms with Crippen molar-refractivity contribution in [3.8, 4) is 0 Å². The molecule has 0 aliphatic rings. The Morgan fingerprint density at radius 1 is 1.50 bits per heavy atom. The summed E-state index contributed by atoms with van der Waals surface area (Å²) in [5.74, 6) is 1.04. The third-order valence-electron chi connectivity index (χ3n) is 2.39. The van der Waals surface area contributed by atoms with E-state index in [1.165, 1.54) is 5.69 Å². The lowest BCUT2D eigenvalue weighted by molar-refractivity contribution is 0.705. The summed E-state index contributed by atoms with van der Waals surface area (Å²) in [6.07, 6.45) is 2.92. The second-order valence-electron chi connectivity index (χ2n) is 3.91. The van der Waals surface area contributed by atoms with Gasteiger partial charge in [-0.05, 0) is 24.8 Å². The van der Waals surface area contributed by atoms with Crippen LogP contribution in [0.2, 0.25) is 0 Å². The lowest BCUT2D eigenvalue weighted by Gasteiger charge is -2.06. The number of nitrogens with two attached hydrogens (primary N) is 1. The molecule has 2 heterocycles. The third-order valence-corrected chi connectivity index (χ3v) is 3.28. The van der Waals surface area contributed by atoms with Gasteiger partial charge in [-0.2, -0.15) is 0 Å². The van der Waals surface area contributed by atoms with E-state index in [1.807, 2.05) is 25.1 Å². The van der Waals surface area contributed by atoms with Gasteiger partial charge in [0.25, 0.3) is 0 Å². The maximum Gasteiger partial charge on any atom is 0.138 e. The summed E-state index contributed by atoms with van der Waals surface area (Å²) in [4.78, 5) is 4.63. The summed E-state index contributed by atoms with van der Waals surface area (Å²) < 4.78 is 2.14. The normalized spacial score (nSPS) is 13.2. The average Bonchev–Trinajstić information content (AvgIpc) is 2.57. The highest BCUT2D eigenvalue weighted by Gasteiger charge is 2.12. The number of nitrogens with zero attached hydrogens (tertiary/aromatic N) is 2. The molecule has 0 radical (unpaired) electrons. The maximum atomic E-state index is 5.89. The molecule has 0 aliphatic heterocycles. The Morgan fingerprint density at radius 3 is 3.00 bits per heavy atom. The zero-order chi connectivity index (χ0) is 11.5. The summed E-state index contributed by atoms with van der Waals surface area (Å²) in [6.45, 7) is 4.17. The summed E-state index contributed by atoms with van der Waals surface area (Å²) in [7, 11) is 0. The molecule has 0 fully saturated rings. The number of hydrogen-bond acceptors (Lipinski definition) is 3. The number of fused-ring (bicyclic) bond motifs is 1. The Morgan fingerprint density at radius 2 is 2.31 bits per heavy atom. The first-order chi connectivity index (χ1) is 7.72. The Hall–Kier alpha value is -1.00. The number of rotatable bonds is 4. The lowest BCUT2D eigenvalue weighted by atomic mass is 10.2. The summed E-state index contributed by atoms with van der Waals surface area (Å²) in [5.41, 5.74) is 8.13. The van der Waals surface area contributed by atoms with Crippen LogP contribution in [0.15, 0.2) is 29.4 Å². The Balaban J connectivity index is 2.50. The van der Waals surface area contributed by atoms with Gasteiger partial charge >= 0.3 is 0 Å². The van der Waals surface area contributed by atoms with Crippen molar-refractivity contribution in [1.29, 1.82) is 0 Å².